The lowest BCUT2D eigenvalue weighted by Crippen LogP contribution is -2.40. The zero-order valence-electron chi connectivity index (χ0n) is 12.2. The van der Waals surface area contributed by atoms with E-state index >= 15 is 0 Å². The molecule has 1 aromatic rings. The van der Waals surface area contributed by atoms with Crippen LogP contribution in [0.2, 0.25) is 10.0 Å². The molecule has 0 unspecified atom stereocenters. The molecule has 0 amide bonds. The van der Waals surface area contributed by atoms with E-state index in [1.54, 1.807) is 0 Å². The summed E-state index contributed by atoms with van der Waals surface area (Å²) in [6.07, 6.45) is 3.66. The Hall–Kier alpha value is -0.400. The van der Waals surface area contributed by atoms with Gasteiger partial charge in [0.25, 0.3) is 0 Å². The standard InChI is InChI=1S/C16H23Cl2N/c1-15(2)8-12(9-16(3,4)10-15)19-11-5-6-13(17)14(18)7-11/h5-7,12,19H,8-10H2,1-4H3. The van der Waals surface area contributed by atoms with Crippen molar-refractivity contribution in [1.29, 1.82) is 0 Å². The van der Waals surface area contributed by atoms with Crippen LogP contribution in [-0.2, 0) is 0 Å². The van der Waals surface area contributed by atoms with Crippen molar-refractivity contribution in [3.05, 3.63) is 28.2 Å². The minimum absolute atomic E-state index is 0.385. The van der Waals surface area contributed by atoms with Gasteiger partial charge in [-0.05, 0) is 48.3 Å². The van der Waals surface area contributed by atoms with Gasteiger partial charge in [0.2, 0.25) is 0 Å². The summed E-state index contributed by atoms with van der Waals surface area (Å²) in [5, 5.41) is 4.84. The van der Waals surface area contributed by atoms with E-state index in [0.717, 1.165) is 5.69 Å². The molecule has 19 heavy (non-hydrogen) atoms. The molecule has 0 saturated heterocycles. The summed E-state index contributed by atoms with van der Waals surface area (Å²) in [4.78, 5) is 0. The molecule has 1 nitrogen and oxygen atoms in total. The van der Waals surface area contributed by atoms with Crippen LogP contribution in [0.1, 0.15) is 47.0 Å². The van der Waals surface area contributed by atoms with Crippen molar-refractivity contribution in [2.24, 2.45) is 10.8 Å². The first-order valence-electron chi connectivity index (χ1n) is 6.89. The Morgan fingerprint density at radius 3 is 2.11 bits per heavy atom. The predicted molar refractivity (Wildman–Crippen MR) is 85.3 cm³/mol. The highest BCUT2D eigenvalue weighted by Crippen LogP contribution is 2.46. The van der Waals surface area contributed by atoms with E-state index in [1.807, 2.05) is 18.2 Å². The molecule has 0 atom stereocenters. The topological polar surface area (TPSA) is 12.0 Å². The maximum Gasteiger partial charge on any atom is 0.0612 e. The largest absolute Gasteiger partial charge is 0.382 e. The number of benzene rings is 1. The highest BCUT2D eigenvalue weighted by molar-refractivity contribution is 6.42. The van der Waals surface area contributed by atoms with Crippen molar-refractivity contribution in [2.75, 3.05) is 5.32 Å². The molecule has 1 aromatic carbocycles. The third-order valence-corrected chi connectivity index (χ3v) is 4.58. The Balaban J connectivity index is 2.11. The molecule has 1 N–H and O–H groups in total. The van der Waals surface area contributed by atoms with Gasteiger partial charge in [-0.15, -0.1) is 0 Å². The second-order valence-electron chi connectivity index (χ2n) is 7.38. The van der Waals surface area contributed by atoms with E-state index in [4.69, 9.17) is 23.2 Å². The average molecular weight is 300 g/mol. The SMILES string of the molecule is CC1(C)CC(Nc2ccc(Cl)c(Cl)c2)CC(C)(C)C1. The van der Waals surface area contributed by atoms with Crippen molar-refractivity contribution in [3.8, 4) is 0 Å². The fraction of sp³-hybridized carbons (Fsp3) is 0.625. The molecular formula is C16H23Cl2N. The van der Waals surface area contributed by atoms with Crippen LogP contribution < -0.4 is 5.32 Å². The van der Waals surface area contributed by atoms with Crippen molar-refractivity contribution in [1.82, 2.24) is 0 Å². The van der Waals surface area contributed by atoms with Crippen molar-refractivity contribution in [2.45, 2.75) is 53.0 Å². The molecule has 0 heterocycles. The number of hydrogen-bond donors (Lipinski definition) is 1. The minimum atomic E-state index is 0.385. The zero-order valence-corrected chi connectivity index (χ0v) is 13.7. The first kappa shape index (κ1) is 15.0. The quantitative estimate of drug-likeness (QED) is 0.705. The molecule has 1 fully saturated rings. The van der Waals surface area contributed by atoms with Gasteiger partial charge in [-0.3, -0.25) is 0 Å². The van der Waals surface area contributed by atoms with E-state index in [-0.39, 0.29) is 0 Å². The van der Waals surface area contributed by atoms with E-state index in [0.29, 0.717) is 26.9 Å². The van der Waals surface area contributed by atoms with Crippen LogP contribution >= 0.6 is 23.2 Å². The van der Waals surface area contributed by atoms with E-state index < -0.39 is 0 Å². The molecule has 0 aliphatic heterocycles. The third-order valence-electron chi connectivity index (χ3n) is 3.85. The first-order valence-corrected chi connectivity index (χ1v) is 7.64. The van der Waals surface area contributed by atoms with Crippen LogP contribution in [0.25, 0.3) is 0 Å². The molecule has 1 saturated carbocycles. The number of rotatable bonds is 2. The molecule has 1 aliphatic rings. The molecule has 0 bridgehead atoms. The van der Waals surface area contributed by atoms with Gasteiger partial charge in [-0.25, -0.2) is 0 Å². The lowest BCUT2D eigenvalue weighted by Gasteiger charge is -2.45. The normalized spacial score (nSPS) is 22.2. The Labute approximate surface area is 126 Å². The van der Waals surface area contributed by atoms with Crippen molar-refractivity contribution < 1.29 is 0 Å². The fourth-order valence-corrected chi connectivity index (χ4v) is 4.07. The molecule has 3 heteroatoms. The smallest absolute Gasteiger partial charge is 0.0612 e. The van der Waals surface area contributed by atoms with Crippen molar-refractivity contribution >= 4 is 28.9 Å². The highest BCUT2D eigenvalue weighted by Gasteiger charge is 2.38. The van der Waals surface area contributed by atoms with Crippen LogP contribution in [0, 0.1) is 10.8 Å². The Bertz CT molecular complexity index is 450. The lowest BCUT2D eigenvalue weighted by atomic mass is 9.63. The Morgan fingerprint density at radius 1 is 1.00 bits per heavy atom. The minimum Gasteiger partial charge on any atom is -0.382 e. The highest BCUT2D eigenvalue weighted by atomic mass is 35.5. The number of halogens is 2. The fourth-order valence-electron chi connectivity index (χ4n) is 3.77. The summed E-state index contributed by atoms with van der Waals surface area (Å²) in [6.45, 7) is 9.43. The van der Waals surface area contributed by atoms with E-state index in [2.05, 4.69) is 33.0 Å². The Kier molecular flexibility index (Phi) is 4.09. The van der Waals surface area contributed by atoms with Crippen LogP contribution in [-0.4, -0.2) is 6.04 Å². The van der Waals surface area contributed by atoms with Crippen molar-refractivity contribution in [3.63, 3.8) is 0 Å². The summed E-state index contributed by atoms with van der Waals surface area (Å²) in [6, 6.07) is 6.27. The molecule has 0 aromatic heterocycles. The summed E-state index contributed by atoms with van der Waals surface area (Å²) < 4.78 is 0. The van der Waals surface area contributed by atoms with Gasteiger partial charge >= 0.3 is 0 Å². The zero-order chi connectivity index (χ0) is 14.3. The third kappa shape index (κ3) is 4.03. The second kappa shape index (κ2) is 5.18. The van der Waals surface area contributed by atoms with E-state index in [9.17, 15) is 0 Å². The van der Waals surface area contributed by atoms with Gasteiger partial charge < -0.3 is 5.32 Å². The van der Waals surface area contributed by atoms with Crippen LogP contribution in [0.4, 0.5) is 5.69 Å². The number of nitrogens with one attached hydrogen (secondary N) is 1. The van der Waals surface area contributed by atoms with Gasteiger partial charge in [0.15, 0.2) is 0 Å². The molecule has 1 aliphatic carbocycles. The maximum atomic E-state index is 6.07. The maximum absolute atomic E-state index is 6.07. The molecule has 2 rings (SSSR count). The van der Waals surface area contributed by atoms with Crippen LogP contribution in [0.3, 0.4) is 0 Å². The van der Waals surface area contributed by atoms with Gasteiger partial charge in [-0.1, -0.05) is 50.9 Å². The lowest BCUT2D eigenvalue weighted by molar-refractivity contribution is 0.105. The number of anilines is 1. The summed E-state index contributed by atoms with van der Waals surface area (Å²) in [5.74, 6) is 0. The molecule has 0 spiro atoms. The molecular weight excluding hydrogens is 277 g/mol. The Morgan fingerprint density at radius 2 is 1.58 bits per heavy atom. The predicted octanol–water partition coefficient (Wildman–Crippen LogP) is 6.01. The van der Waals surface area contributed by atoms with Gasteiger partial charge in [-0.2, -0.15) is 0 Å². The average Bonchev–Trinajstić information content (AvgIpc) is 2.18. The second-order valence-corrected chi connectivity index (χ2v) is 8.20. The van der Waals surface area contributed by atoms with Gasteiger partial charge in [0, 0.05) is 11.7 Å². The summed E-state index contributed by atoms with van der Waals surface area (Å²) in [5.41, 5.74) is 1.83. The number of hydrogen-bond acceptors (Lipinski definition) is 1. The molecule has 0 radical (unpaired) electrons. The summed E-state index contributed by atoms with van der Waals surface area (Å²) >= 11 is 12.0. The molecule has 106 valence electrons. The monoisotopic (exact) mass is 299 g/mol. The van der Waals surface area contributed by atoms with Gasteiger partial charge in [0.1, 0.15) is 0 Å². The van der Waals surface area contributed by atoms with Gasteiger partial charge in [0.05, 0.1) is 10.0 Å². The van der Waals surface area contributed by atoms with E-state index in [1.165, 1.54) is 19.3 Å². The van der Waals surface area contributed by atoms with Crippen LogP contribution in [0.5, 0.6) is 0 Å². The summed E-state index contributed by atoms with van der Waals surface area (Å²) in [7, 11) is 0. The van der Waals surface area contributed by atoms with Crippen LogP contribution in [0.15, 0.2) is 18.2 Å². The first-order chi connectivity index (χ1) is 8.67.